The van der Waals surface area contributed by atoms with Crippen LogP contribution in [0.25, 0.3) is 43.1 Å². The number of rotatable bonds is 10. The molecule has 0 spiro atoms. The first-order valence-electron chi connectivity index (χ1n) is 18.0. The third-order valence-electron chi connectivity index (χ3n) is 9.48. The smallest absolute Gasteiger partial charge is 0.0644 e. The Kier molecular flexibility index (Phi) is 9.41. The van der Waals surface area contributed by atoms with Gasteiger partial charge in [0.2, 0.25) is 0 Å². The molecule has 0 aliphatic heterocycles. The number of hydrogen-bond donors (Lipinski definition) is 0. The Bertz CT molecular complexity index is 2410. The van der Waals surface area contributed by atoms with Crippen molar-refractivity contribution in [2.45, 2.75) is 0 Å². The fraction of sp³-hybridized carbons (Fsp3) is 0. The molecule has 0 fully saturated rings. The minimum Gasteiger partial charge on any atom is -0.309 e. The van der Waals surface area contributed by atoms with Crippen LogP contribution in [-0.2, 0) is 0 Å². The van der Waals surface area contributed by atoms with Crippen LogP contribution >= 0.6 is 11.3 Å². The number of thiophene rings is 1. The Balaban J connectivity index is 0.962. The highest BCUT2D eigenvalue weighted by atomic mass is 32.1. The van der Waals surface area contributed by atoms with Gasteiger partial charge in [0.1, 0.15) is 0 Å². The lowest BCUT2D eigenvalue weighted by Crippen LogP contribution is -2.10. The van der Waals surface area contributed by atoms with E-state index in [4.69, 9.17) is 0 Å². The second kappa shape index (κ2) is 15.4. The lowest BCUT2D eigenvalue weighted by Gasteiger charge is -2.25. The van der Waals surface area contributed by atoms with Gasteiger partial charge in [-0.2, -0.15) is 0 Å². The van der Waals surface area contributed by atoms with Crippen LogP contribution in [0.1, 0.15) is 0 Å². The Labute approximate surface area is 324 Å². The number of pyridine rings is 4. The molecule has 0 bridgehead atoms. The summed E-state index contributed by atoms with van der Waals surface area (Å²) >= 11 is 1.79. The quantitative estimate of drug-likeness (QED) is 0.140. The van der Waals surface area contributed by atoms with E-state index >= 15 is 0 Å². The molecule has 262 valence electrons. The van der Waals surface area contributed by atoms with Gasteiger partial charge in [0.25, 0.3) is 0 Å². The number of anilines is 6. The summed E-state index contributed by atoms with van der Waals surface area (Å²) in [5.74, 6) is 0. The van der Waals surface area contributed by atoms with E-state index in [1.165, 1.54) is 20.9 Å². The van der Waals surface area contributed by atoms with E-state index in [2.05, 4.69) is 163 Å². The molecule has 9 aromatic rings. The van der Waals surface area contributed by atoms with Crippen molar-refractivity contribution >= 4 is 45.5 Å². The maximum Gasteiger partial charge on any atom is 0.0644 e. The average Bonchev–Trinajstić information content (AvgIpc) is 3.77. The van der Waals surface area contributed by atoms with Crippen LogP contribution < -0.4 is 9.80 Å². The second-order valence-electron chi connectivity index (χ2n) is 12.9. The Hall–Kier alpha value is -7.22. The average molecular weight is 727 g/mol. The summed E-state index contributed by atoms with van der Waals surface area (Å²) in [6.07, 6.45) is 14.8. The van der Waals surface area contributed by atoms with Gasteiger partial charge in [-0.3, -0.25) is 19.9 Å². The fourth-order valence-corrected chi connectivity index (χ4v) is 7.75. The lowest BCUT2D eigenvalue weighted by atomic mass is 10.1. The summed E-state index contributed by atoms with van der Waals surface area (Å²) < 4.78 is 0. The van der Waals surface area contributed by atoms with Gasteiger partial charge in [0, 0.05) is 69.7 Å². The van der Waals surface area contributed by atoms with Crippen LogP contribution in [0.3, 0.4) is 0 Å². The minimum atomic E-state index is 0.995. The fourth-order valence-electron chi connectivity index (χ4n) is 6.74. The van der Waals surface area contributed by atoms with Crippen molar-refractivity contribution < 1.29 is 0 Å². The van der Waals surface area contributed by atoms with E-state index in [0.29, 0.717) is 0 Å². The predicted molar refractivity (Wildman–Crippen MR) is 227 cm³/mol. The van der Waals surface area contributed by atoms with Gasteiger partial charge >= 0.3 is 0 Å². The molecule has 5 aromatic heterocycles. The number of aromatic nitrogens is 4. The molecular weight excluding hydrogens is 693 g/mol. The summed E-state index contributed by atoms with van der Waals surface area (Å²) in [7, 11) is 0. The lowest BCUT2D eigenvalue weighted by molar-refractivity contribution is 1.23. The summed E-state index contributed by atoms with van der Waals surface area (Å²) in [5.41, 5.74) is 13.0. The van der Waals surface area contributed by atoms with E-state index < -0.39 is 0 Å². The topological polar surface area (TPSA) is 58.0 Å². The van der Waals surface area contributed by atoms with Gasteiger partial charge in [0.05, 0.1) is 23.8 Å². The van der Waals surface area contributed by atoms with Crippen molar-refractivity contribution in [3.8, 4) is 43.1 Å². The SMILES string of the molecule is c1cncc(-c2ccc(N(c3ccc(-c4ccc(-c5ccc(N(c6ccc(-c7cccnc7)cc6)c6cccnc6)cc5)s4)cc3)c3cccnc3)cc2)c1. The van der Waals surface area contributed by atoms with Gasteiger partial charge in [-0.1, -0.05) is 60.7 Å². The molecular formula is C48H34N6S. The Morgan fingerprint density at radius 2 is 0.600 bits per heavy atom. The molecule has 0 atom stereocenters. The summed E-state index contributed by atoms with van der Waals surface area (Å²) in [5, 5.41) is 0. The molecule has 0 saturated carbocycles. The molecule has 55 heavy (non-hydrogen) atoms. The van der Waals surface area contributed by atoms with Crippen LogP contribution in [0.2, 0.25) is 0 Å². The van der Waals surface area contributed by atoms with E-state index in [9.17, 15) is 0 Å². The van der Waals surface area contributed by atoms with E-state index in [1.54, 1.807) is 36.1 Å². The van der Waals surface area contributed by atoms with Crippen molar-refractivity contribution in [1.82, 2.24) is 19.9 Å². The first-order chi connectivity index (χ1) is 27.3. The zero-order valence-corrected chi connectivity index (χ0v) is 30.5. The molecule has 0 aliphatic carbocycles. The van der Waals surface area contributed by atoms with Gasteiger partial charge in [-0.15, -0.1) is 11.3 Å². The monoisotopic (exact) mass is 726 g/mol. The number of nitrogens with zero attached hydrogens (tertiary/aromatic N) is 6. The maximum atomic E-state index is 4.42. The molecule has 0 unspecified atom stereocenters. The number of benzene rings is 4. The van der Waals surface area contributed by atoms with Crippen molar-refractivity contribution in [3.05, 3.63) is 207 Å². The Morgan fingerprint density at radius 1 is 0.273 bits per heavy atom. The molecule has 0 amide bonds. The molecule has 0 saturated heterocycles. The summed E-state index contributed by atoms with van der Waals surface area (Å²) in [6.45, 7) is 0. The predicted octanol–water partition coefficient (Wildman–Crippen LogP) is 12.9. The van der Waals surface area contributed by atoms with Gasteiger partial charge in [0.15, 0.2) is 0 Å². The molecule has 0 N–H and O–H groups in total. The minimum absolute atomic E-state index is 0.995. The highest BCUT2D eigenvalue weighted by molar-refractivity contribution is 7.18. The third-order valence-corrected chi connectivity index (χ3v) is 10.7. The van der Waals surface area contributed by atoms with Crippen LogP contribution in [0.5, 0.6) is 0 Å². The molecule has 7 heteroatoms. The molecule has 0 aliphatic rings. The van der Waals surface area contributed by atoms with Gasteiger partial charge in [-0.05, 0) is 130 Å². The molecule has 5 heterocycles. The normalized spacial score (nSPS) is 10.9. The van der Waals surface area contributed by atoms with Crippen molar-refractivity contribution in [1.29, 1.82) is 0 Å². The first-order valence-corrected chi connectivity index (χ1v) is 18.8. The van der Waals surface area contributed by atoms with Crippen molar-refractivity contribution in [3.63, 3.8) is 0 Å². The summed E-state index contributed by atoms with van der Waals surface area (Å²) in [4.78, 5) is 24.3. The first kappa shape index (κ1) is 33.6. The largest absolute Gasteiger partial charge is 0.309 e. The van der Waals surface area contributed by atoms with Crippen molar-refractivity contribution in [2.75, 3.05) is 9.80 Å². The van der Waals surface area contributed by atoms with E-state index in [1.807, 2.05) is 49.1 Å². The third kappa shape index (κ3) is 7.25. The Morgan fingerprint density at radius 3 is 0.909 bits per heavy atom. The maximum absolute atomic E-state index is 4.42. The van der Waals surface area contributed by atoms with E-state index in [-0.39, 0.29) is 0 Å². The number of hydrogen-bond acceptors (Lipinski definition) is 7. The van der Waals surface area contributed by atoms with Gasteiger partial charge in [-0.25, -0.2) is 0 Å². The second-order valence-corrected chi connectivity index (χ2v) is 14.0. The van der Waals surface area contributed by atoms with Crippen LogP contribution in [-0.4, -0.2) is 19.9 Å². The molecule has 4 aromatic carbocycles. The van der Waals surface area contributed by atoms with Gasteiger partial charge < -0.3 is 9.80 Å². The van der Waals surface area contributed by atoms with Crippen molar-refractivity contribution in [2.24, 2.45) is 0 Å². The zero-order valence-electron chi connectivity index (χ0n) is 29.7. The van der Waals surface area contributed by atoms with Crippen LogP contribution in [0.4, 0.5) is 34.1 Å². The van der Waals surface area contributed by atoms with E-state index in [0.717, 1.165) is 56.4 Å². The summed E-state index contributed by atoms with van der Waals surface area (Å²) in [6, 6.07) is 55.3. The van der Waals surface area contributed by atoms with Crippen LogP contribution in [0.15, 0.2) is 207 Å². The highest BCUT2D eigenvalue weighted by Gasteiger charge is 2.16. The zero-order chi connectivity index (χ0) is 36.8. The van der Waals surface area contributed by atoms with Crippen LogP contribution in [0, 0.1) is 0 Å². The molecule has 0 radical (unpaired) electrons. The standard InChI is InChI=1S/C48H34N6S/c1-5-39(31-49-27-1)35-9-17-41(18-10-35)53(45-7-3-29-51-33-45)43-21-13-37(14-22-43)47-25-26-48(55-47)38-15-23-44(24-16-38)54(46-8-4-30-52-34-46)42-19-11-36(12-20-42)40-6-2-28-50-32-40/h1-34H. The highest BCUT2D eigenvalue weighted by Crippen LogP contribution is 2.40. The molecule has 6 nitrogen and oxygen atoms in total. The molecule has 9 rings (SSSR count).